The van der Waals surface area contributed by atoms with E-state index in [1.165, 1.54) is 6.42 Å². The molecule has 0 heterocycles. The number of hydrogen-bond donors (Lipinski definition) is 3. The number of rotatable bonds is 7. The van der Waals surface area contributed by atoms with E-state index in [9.17, 15) is 19.5 Å². The molecule has 142 valence electrons. The summed E-state index contributed by atoms with van der Waals surface area (Å²) in [5, 5.41) is 14.8. The molecule has 3 N–H and O–H groups in total. The second kappa shape index (κ2) is 9.36. The molecule has 1 fully saturated rings. The van der Waals surface area contributed by atoms with Crippen LogP contribution >= 0.6 is 0 Å². The molecule has 0 saturated heterocycles. The second-order valence-corrected chi connectivity index (χ2v) is 7.08. The monoisotopic (exact) mass is 360 g/mol. The highest BCUT2D eigenvalue weighted by Gasteiger charge is 2.26. The van der Waals surface area contributed by atoms with Crippen LogP contribution in [0.15, 0.2) is 24.3 Å². The first kappa shape index (κ1) is 19.9. The summed E-state index contributed by atoms with van der Waals surface area (Å²) in [5.41, 5.74) is 0.893. The lowest BCUT2D eigenvalue weighted by molar-refractivity contribution is -0.140. The van der Waals surface area contributed by atoms with Crippen LogP contribution in [0.2, 0.25) is 0 Å². The van der Waals surface area contributed by atoms with Crippen molar-refractivity contribution in [3.8, 4) is 0 Å². The van der Waals surface area contributed by atoms with Crippen LogP contribution in [0.25, 0.3) is 0 Å². The molecule has 0 unspecified atom stereocenters. The molecule has 26 heavy (non-hydrogen) atoms. The smallest absolute Gasteiger partial charge is 0.326 e. The Hall–Kier alpha value is -2.37. The zero-order valence-electron chi connectivity index (χ0n) is 15.5. The number of hydrogen-bond acceptors (Lipinski definition) is 3. The van der Waals surface area contributed by atoms with E-state index in [0.717, 1.165) is 25.7 Å². The van der Waals surface area contributed by atoms with Crippen molar-refractivity contribution in [2.45, 2.75) is 58.4 Å². The lowest BCUT2D eigenvalue weighted by atomic mass is 9.88. The largest absolute Gasteiger partial charge is 0.480 e. The molecule has 2 rings (SSSR count). The number of anilines is 1. The van der Waals surface area contributed by atoms with Gasteiger partial charge in [-0.05, 0) is 37.0 Å². The average molecular weight is 360 g/mol. The third-order valence-electron chi connectivity index (χ3n) is 5.13. The highest BCUT2D eigenvalue weighted by molar-refractivity contribution is 5.99. The SMILES string of the molecule is CC[C@H](C)[C@H](NC(=O)c1cccc(NC(=O)C2CCCCC2)c1)C(=O)O. The van der Waals surface area contributed by atoms with Crippen LogP contribution in [-0.2, 0) is 9.59 Å². The Morgan fingerprint density at radius 3 is 2.50 bits per heavy atom. The van der Waals surface area contributed by atoms with Crippen LogP contribution in [0.3, 0.4) is 0 Å². The molecule has 0 aromatic heterocycles. The summed E-state index contributed by atoms with van der Waals surface area (Å²) >= 11 is 0. The van der Waals surface area contributed by atoms with Crippen LogP contribution in [0.4, 0.5) is 5.69 Å². The highest BCUT2D eigenvalue weighted by atomic mass is 16.4. The van der Waals surface area contributed by atoms with Crippen molar-refractivity contribution < 1.29 is 19.5 Å². The van der Waals surface area contributed by atoms with E-state index in [1.54, 1.807) is 31.2 Å². The summed E-state index contributed by atoms with van der Waals surface area (Å²) in [7, 11) is 0. The van der Waals surface area contributed by atoms with Gasteiger partial charge in [0.1, 0.15) is 6.04 Å². The van der Waals surface area contributed by atoms with Gasteiger partial charge in [-0.3, -0.25) is 9.59 Å². The topological polar surface area (TPSA) is 95.5 Å². The van der Waals surface area contributed by atoms with Crippen LogP contribution in [0, 0.1) is 11.8 Å². The zero-order chi connectivity index (χ0) is 19.1. The van der Waals surface area contributed by atoms with E-state index < -0.39 is 17.9 Å². The Balaban J connectivity index is 2.04. The Bertz CT molecular complexity index is 653. The minimum absolute atomic E-state index is 0.00900. The van der Waals surface area contributed by atoms with Gasteiger partial charge in [-0.15, -0.1) is 0 Å². The predicted molar refractivity (Wildman–Crippen MR) is 100.0 cm³/mol. The number of benzene rings is 1. The quantitative estimate of drug-likeness (QED) is 0.694. The molecule has 1 aliphatic rings. The minimum Gasteiger partial charge on any atom is -0.480 e. The number of carboxylic acid groups (broad SMARTS) is 1. The average Bonchev–Trinajstić information content (AvgIpc) is 2.66. The van der Waals surface area contributed by atoms with E-state index in [-0.39, 0.29) is 17.7 Å². The molecular formula is C20H28N2O4. The molecule has 6 nitrogen and oxygen atoms in total. The maximum absolute atomic E-state index is 12.4. The van der Waals surface area contributed by atoms with Gasteiger partial charge >= 0.3 is 5.97 Å². The fourth-order valence-corrected chi connectivity index (χ4v) is 3.25. The predicted octanol–water partition coefficient (Wildman–Crippen LogP) is 3.43. The van der Waals surface area contributed by atoms with Gasteiger partial charge < -0.3 is 15.7 Å². The summed E-state index contributed by atoms with van der Waals surface area (Å²) in [5.74, 6) is -1.65. The summed E-state index contributed by atoms with van der Waals surface area (Å²) < 4.78 is 0. The molecule has 0 spiro atoms. The van der Waals surface area contributed by atoms with Gasteiger partial charge in [0, 0.05) is 17.2 Å². The number of aliphatic carboxylic acids is 1. The first-order valence-electron chi connectivity index (χ1n) is 9.37. The van der Waals surface area contributed by atoms with Crippen molar-refractivity contribution in [1.29, 1.82) is 0 Å². The molecule has 0 bridgehead atoms. The minimum atomic E-state index is -1.05. The standard InChI is InChI=1S/C20H28N2O4/c1-3-13(2)17(20(25)26)22-19(24)15-10-7-11-16(12-15)21-18(23)14-8-5-4-6-9-14/h7,10-14,17H,3-6,8-9H2,1-2H3,(H,21,23)(H,22,24)(H,25,26)/t13-,17-/m0/s1. The maximum Gasteiger partial charge on any atom is 0.326 e. The third kappa shape index (κ3) is 5.31. The summed E-state index contributed by atoms with van der Waals surface area (Å²) in [4.78, 5) is 36.2. The van der Waals surface area contributed by atoms with Crippen molar-refractivity contribution >= 4 is 23.5 Å². The molecule has 6 heteroatoms. The van der Waals surface area contributed by atoms with Gasteiger partial charge in [0.05, 0.1) is 0 Å². The van der Waals surface area contributed by atoms with Crippen LogP contribution < -0.4 is 10.6 Å². The Labute approximate surface area is 154 Å². The molecule has 1 saturated carbocycles. The van der Waals surface area contributed by atoms with Gasteiger partial charge in [-0.1, -0.05) is 45.6 Å². The van der Waals surface area contributed by atoms with E-state index in [4.69, 9.17) is 0 Å². The fourth-order valence-electron chi connectivity index (χ4n) is 3.25. The van der Waals surface area contributed by atoms with Gasteiger partial charge in [-0.25, -0.2) is 4.79 Å². The number of amides is 2. The third-order valence-corrected chi connectivity index (χ3v) is 5.13. The van der Waals surface area contributed by atoms with Crippen molar-refractivity contribution in [3.63, 3.8) is 0 Å². The van der Waals surface area contributed by atoms with Crippen molar-refractivity contribution in [3.05, 3.63) is 29.8 Å². The van der Waals surface area contributed by atoms with E-state index in [1.807, 2.05) is 6.92 Å². The summed E-state index contributed by atoms with van der Waals surface area (Å²) in [6.07, 6.45) is 5.79. The van der Waals surface area contributed by atoms with E-state index >= 15 is 0 Å². The van der Waals surface area contributed by atoms with Gasteiger partial charge in [0.15, 0.2) is 0 Å². The Morgan fingerprint density at radius 1 is 1.19 bits per heavy atom. The zero-order valence-corrected chi connectivity index (χ0v) is 15.5. The van der Waals surface area contributed by atoms with Gasteiger partial charge in [-0.2, -0.15) is 0 Å². The maximum atomic E-state index is 12.4. The van der Waals surface area contributed by atoms with Crippen LogP contribution in [-0.4, -0.2) is 28.9 Å². The highest BCUT2D eigenvalue weighted by Crippen LogP contribution is 2.25. The first-order chi connectivity index (χ1) is 12.4. The van der Waals surface area contributed by atoms with Gasteiger partial charge in [0.2, 0.25) is 5.91 Å². The Kier molecular flexibility index (Phi) is 7.18. The number of carbonyl (C=O) groups is 3. The van der Waals surface area contributed by atoms with Gasteiger partial charge in [0.25, 0.3) is 5.91 Å². The molecule has 1 aromatic rings. The summed E-state index contributed by atoms with van der Waals surface area (Å²) in [6.45, 7) is 3.67. The first-order valence-corrected chi connectivity index (χ1v) is 9.37. The van der Waals surface area contributed by atoms with Crippen molar-refractivity contribution in [2.75, 3.05) is 5.32 Å². The lowest BCUT2D eigenvalue weighted by Gasteiger charge is -2.21. The van der Waals surface area contributed by atoms with Crippen LogP contribution in [0.1, 0.15) is 62.7 Å². The van der Waals surface area contributed by atoms with E-state index in [0.29, 0.717) is 17.7 Å². The second-order valence-electron chi connectivity index (χ2n) is 7.08. The van der Waals surface area contributed by atoms with E-state index in [2.05, 4.69) is 10.6 Å². The fraction of sp³-hybridized carbons (Fsp3) is 0.550. The normalized spacial score (nSPS) is 17.2. The molecule has 2 amide bonds. The van der Waals surface area contributed by atoms with Crippen LogP contribution in [0.5, 0.6) is 0 Å². The number of carboxylic acids is 1. The Morgan fingerprint density at radius 2 is 1.88 bits per heavy atom. The molecule has 0 aliphatic heterocycles. The molecule has 2 atom stereocenters. The van der Waals surface area contributed by atoms with Crippen molar-refractivity contribution in [2.24, 2.45) is 11.8 Å². The number of nitrogens with one attached hydrogen (secondary N) is 2. The molecule has 1 aromatic carbocycles. The number of carbonyl (C=O) groups excluding carboxylic acids is 2. The molecular weight excluding hydrogens is 332 g/mol. The molecule has 1 aliphatic carbocycles. The molecule has 0 radical (unpaired) electrons. The lowest BCUT2D eigenvalue weighted by Crippen LogP contribution is -2.45. The van der Waals surface area contributed by atoms with Crippen molar-refractivity contribution in [1.82, 2.24) is 5.32 Å². The summed E-state index contributed by atoms with van der Waals surface area (Å²) in [6, 6.07) is 5.69.